The summed E-state index contributed by atoms with van der Waals surface area (Å²) in [4.78, 5) is 2.38. The van der Waals surface area contributed by atoms with Crippen molar-refractivity contribution in [2.24, 2.45) is 5.92 Å². The van der Waals surface area contributed by atoms with E-state index in [9.17, 15) is 0 Å². The standard InChI is InChI=1S/C8H15NO/c1-9-5-7-3-4-8(7,6-9)10-2/h7H,3-6H2,1-2H3/t7-,8-/m0/s1. The fraction of sp³-hybridized carbons (Fsp3) is 1.00. The number of hydrogen-bond donors (Lipinski definition) is 0. The van der Waals surface area contributed by atoms with Crippen molar-refractivity contribution in [2.45, 2.75) is 18.4 Å². The van der Waals surface area contributed by atoms with E-state index in [2.05, 4.69) is 11.9 Å². The normalized spacial score (nSPS) is 46.8. The first-order valence-electron chi connectivity index (χ1n) is 4.00. The van der Waals surface area contributed by atoms with Crippen LogP contribution in [0.2, 0.25) is 0 Å². The van der Waals surface area contributed by atoms with Gasteiger partial charge in [0.15, 0.2) is 0 Å². The molecule has 1 aliphatic carbocycles. The second-order valence-corrected chi connectivity index (χ2v) is 3.70. The van der Waals surface area contributed by atoms with Crippen molar-refractivity contribution in [1.29, 1.82) is 0 Å². The highest BCUT2D eigenvalue weighted by Crippen LogP contribution is 2.46. The Balaban J connectivity index is 2.10. The van der Waals surface area contributed by atoms with Crippen LogP contribution in [0.5, 0.6) is 0 Å². The smallest absolute Gasteiger partial charge is 0.0845 e. The van der Waals surface area contributed by atoms with Crippen LogP contribution in [0.1, 0.15) is 12.8 Å². The molecule has 0 amide bonds. The lowest BCUT2D eigenvalue weighted by Gasteiger charge is -2.42. The molecule has 0 spiro atoms. The minimum atomic E-state index is 0.273. The average Bonchev–Trinajstić information content (AvgIpc) is 2.11. The molecule has 2 atom stereocenters. The molecule has 0 aromatic carbocycles. The van der Waals surface area contributed by atoms with Gasteiger partial charge in [0.2, 0.25) is 0 Å². The number of likely N-dealkylation sites (tertiary alicyclic amines) is 1. The van der Waals surface area contributed by atoms with E-state index >= 15 is 0 Å². The van der Waals surface area contributed by atoms with Crippen molar-refractivity contribution in [3.05, 3.63) is 0 Å². The van der Waals surface area contributed by atoms with Crippen molar-refractivity contribution in [2.75, 3.05) is 27.2 Å². The van der Waals surface area contributed by atoms with Crippen LogP contribution >= 0.6 is 0 Å². The Morgan fingerprint density at radius 3 is 2.70 bits per heavy atom. The van der Waals surface area contributed by atoms with E-state index in [-0.39, 0.29) is 5.60 Å². The number of rotatable bonds is 1. The Hall–Kier alpha value is -0.0800. The molecule has 0 aromatic rings. The lowest BCUT2D eigenvalue weighted by atomic mass is 9.72. The number of hydrogen-bond acceptors (Lipinski definition) is 2. The molecule has 2 aliphatic rings. The summed E-state index contributed by atoms with van der Waals surface area (Å²) in [6, 6.07) is 0. The summed E-state index contributed by atoms with van der Waals surface area (Å²) in [5, 5.41) is 0. The predicted molar refractivity (Wildman–Crippen MR) is 40.0 cm³/mol. The van der Waals surface area contributed by atoms with Crippen molar-refractivity contribution >= 4 is 0 Å². The molecule has 0 aromatic heterocycles. The Kier molecular flexibility index (Phi) is 1.29. The summed E-state index contributed by atoms with van der Waals surface area (Å²) < 4.78 is 5.53. The van der Waals surface area contributed by atoms with Gasteiger partial charge in [-0.3, -0.25) is 0 Å². The van der Waals surface area contributed by atoms with Crippen LogP contribution in [0.4, 0.5) is 0 Å². The number of ether oxygens (including phenoxy) is 1. The molecule has 2 heteroatoms. The minimum Gasteiger partial charge on any atom is -0.377 e. The lowest BCUT2D eigenvalue weighted by molar-refractivity contribution is -0.0932. The quantitative estimate of drug-likeness (QED) is 0.533. The molecule has 2 nitrogen and oxygen atoms in total. The fourth-order valence-corrected chi connectivity index (χ4v) is 2.37. The van der Waals surface area contributed by atoms with Gasteiger partial charge in [0.25, 0.3) is 0 Å². The highest BCUT2D eigenvalue weighted by atomic mass is 16.5. The molecular formula is C8H15NO. The van der Waals surface area contributed by atoms with Crippen LogP contribution in [0.25, 0.3) is 0 Å². The molecular weight excluding hydrogens is 126 g/mol. The Bertz CT molecular complexity index is 144. The zero-order chi connectivity index (χ0) is 7.19. The first kappa shape index (κ1) is 6.62. The second kappa shape index (κ2) is 1.95. The van der Waals surface area contributed by atoms with Crippen molar-refractivity contribution in [1.82, 2.24) is 4.90 Å². The van der Waals surface area contributed by atoms with Crippen LogP contribution in [-0.2, 0) is 4.74 Å². The number of nitrogens with zero attached hydrogens (tertiary/aromatic N) is 1. The molecule has 0 bridgehead atoms. The van der Waals surface area contributed by atoms with Gasteiger partial charge in [-0.05, 0) is 19.9 Å². The molecule has 0 N–H and O–H groups in total. The summed E-state index contributed by atoms with van der Waals surface area (Å²) in [6.45, 7) is 2.39. The first-order valence-corrected chi connectivity index (χ1v) is 4.00. The van der Waals surface area contributed by atoms with Gasteiger partial charge in [-0.15, -0.1) is 0 Å². The van der Waals surface area contributed by atoms with Crippen LogP contribution < -0.4 is 0 Å². The fourth-order valence-electron chi connectivity index (χ4n) is 2.37. The van der Waals surface area contributed by atoms with Crippen molar-refractivity contribution < 1.29 is 4.74 Å². The summed E-state index contributed by atoms with van der Waals surface area (Å²) in [6.07, 6.45) is 2.65. The molecule has 1 saturated carbocycles. The molecule has 0 radical (unpaired) electrons. The van der Waals surface area contributed by atoms with E-state index in [1.54, 1.807) is 0 Å². The number of likely N-dealkylation sites (N-methyl/N-ethyl adjacent to an activating group) is 1. The van der Waals surface area contributed by atoms with Gasteiger partial charge in [0.1, 0.15) is 0 Å². The summed E-state index contributed by atoms with van der Waals surface area (Å²) in [7, 11) is 4.03. The number of methoxy groups -OCH3 is 1. The van der Waals surface area contributed by atoms with Crippen LogP contribution in [0.3, 0.4) is 0 Å². The van der Waals surface area contributed by atoms with E-state index in [1.807, 2.05) is 7.11 Å². The molecule has 10 heavy (non-hydrogen) atoms. The van der Waals surface area contributed by atoms with Gasteiger partial charge >= 0.3 is 0 Å². The topological polar surface area (TPSA) is 12.5 Å². The van der Waals surface area contributed by atoms with Gasteiger partial charge in [-0.1, -0.05) is 0 Å². The summed E-state index contributed by atoms with van der Waals surface area (Å²) >= 11 is 0. The third-order valence-corrected chi connectivity index (χ3v) is 3.14. The van der Waals surface area contributed by atoms with Crippen LogP contribution in [0.15, 0.2) is 0 Å². The largest absolute Gasteiger partial charge is 0.377 e. The van der Waals surface area contributed by atoms with E-state index in [0.29, 0.717) is 0 Å². The highest BCUT2D eigenvalue weighted by Gasteiger charge is 2.52. The first-order chi connectivity index (χ1) is 4.77. The van der Waals surface area contributed by atoms with Gasteiger partial charge in [0, 0.05) is 26.1 Å². The molecule has 1 heterocycles. The Labute approximate surface area is 62.2 Å². The summed E-state index contributed by atoms with van der Waals surface area (Å²) in [5.41, 5.74) is 0.273. The number of fused-ring (bicyclic) bond motifs is 1. The van der Waals surface area contributed by atoms with Gasteiger partial charge in [-0.25, -0.2) is 0 Å². The van der Waals surface area contributed by atoms with Gasteiger partial charge in [-0.2, -0.15) is 0 Å². The monoisotopic (exact) mass is 141 g/mol. The molecule has 58 valence electrons. The van der Waals surface area contributed by atoms with Gasteiger partial charge < -0.3 is 9.64 Å². The van der Waals surface area contributed by atoms with Gasteiger partial charge in [0.05, 0.1) is 5.60 Å². The van der Waals surface area contributed by atoms with E-state index in [0.717, 1.165) is 12.5 Å². The van der Waals surface area contributed by atoms with Crippen molar-refractivity contribution in [3.63, 3.8) is 0 Å². The zero-order valence-electron chi connectivity index (χ0n) is 6.76. The molecule has 1 aliphatic heterocycles. The third kappa shape index (κ3) is 0.663. The minimum absolute atomic E-state index is 0.273. The van der Waals surface area contributed by atoms with E-state index in [1.165, 1.54) is 19.4 Å². The summed E-state index contributed by atoms with van der Waals surface area (Å²) in [5.74, 6) is 0.836. The average molecular weight is 141 g/mol. The molecule has 0 unspecified atom stereocenters. The molecule has 2 fully saturated rings. The maximum absolute atomic E-state index is 5.53. The van der Waals surface area contributed by atoms with E-state index in [4.69, 9.17) is 4.74 Å². The Morgan fingerprint density at radius 1 is 1.60 bits per heavy atom. The second-order valence-electron chi connectivity index (χ2n) is 3.70. The molecule has 2 rings (SSSR count). The lowest BCUT2D eigenvalue weighted by Crippen LogP contribution is -2.48. The SMILES string of the molecule is CO[C@]12CC[C@H]1CN(C)C2. The van der Waals surface area contributed by atoms with E-state index < -0.39 is 0 Å². The van der Waals surface area contributed by atoms with Crippen LogP contribution in [-0.4, -0.2) is 37.7 Å². The molecule has 1 saturated heterocycles. The highest BCUT2D eigenvalue weighted by molar-refractivity contribution is 5.05. The maximum atomic E-state index is 5.53. The Morgan fingerprint density at radius 2 is 2.40 bits per heavy atom. The predicted octanol–water partition coefficient (Wildman–Crippen LogP) is 0.727. The van der Waals surface area contributed by atoms with Crippen molar-refractivity contribution in [3.8, 4) is 0 Å². The third-order valence-electron chi connectivity index (χ3n) is 3.14. The maximum Gasteiger partial charge on any atom is 0.0845 e. The van der Waals surface area contributed by atoms with Crippen LogP contribution in [0, 0.1) is 5.92 Å². The zero-order valence-corrected chi connectivity index (χ0v) is 6.76.